The Labute approximate surface area is 179 Å². The van der Waals surface area contributed by atoms with Crippen LogP contribution in [0.5, 0.6) is 11.5 Å². The number of phenolic OH excluding ortho intramolecular Hbond substituents is 1. The first kappa shape index (κ1) is 20.1. The number of benzene rings is 3. The summed E-state index contributed by atoms with van der Waals surface area (Å²) in [4.78, 5) is 17.7. The number of pyridine rings is 1. The smallest absolute Gasteiger partial charge is 0.272 e. The summed E-state index contributed by atoms with van der Waals surface area (Å²) in [6, 6.07) is 22.2. The number of aromatic hydroxyl groups is 1. The number of hydrogen-bond acceptors (Lipinski definition) is 5. The molecule has 0 aliphatic heterocycles. The molecule has 6 heteroatoms. The molecule has 0 saturated heterocycles. The van der Waals surface area contributed by atoms with Gasteiger partial charge in [-0.3, -0.25) is 4.79 Å². The predicted molar refractivity (Wildman–Crippen MR) is 122 cm³/mol. The van der Waals surface area contributed by atoms with Gasteiger partial charge in [0.25, 0.3) is 5.91 Å². The molecule has 1 heterocycles. The van der Waals surface area contributed by atoms with Crippen LogP contribution in [0.4, 0.5) is 0 Å². The molecule has 0 aliphatic carbocycles. The van der Waals surface area contributed by atoms with Gasteiger partial charge in [0.05, 0.1) is 30.1 Å². The maximum absolute atomic E-state index is 13.0. The minimum absolute atomic E-state index is 0.0377. The van der Waals surface area contributed by atoms with E-state index in [4.69, 9.17) is 9.72 Å². The summed E-state index contributed by atoms with van der Waals surface area (Å²) < 4.78 is 5.09. The van der Waals surface area contributed by atoms with Crippen molar-refractivity contribution in [3.63, 3.8) is 0 Å². The highest BCUT2D eigenvalue weighted by Crippen LogP contribution is 2.26. The van der Waals surface area contributed by atoms with Crippen LogP contribution in [0, 0.1) is 6.92 Å². The first-order valence-corrected chi connectivity index (χ1v) is 9.72. The molecule has 0 spiro atoms. The number of hydrazone groups is 1. The molecule has 0 bridgehead atoms. The normalized spacial score (nSPS) is 11.0. The monoisotopic (exact) mass is 411 g/mol. The Bertz CT molecular complexity index is 1280. The van der Waals surface area contributed by atoms with E-state index in [9.17, 15) is 9.90 Å². The van der Waals surface area contributed by atoms with E-state index in [1.54, 1.807) is 18.2 Å². The minimum atomic E-state index is -0.336. The predicted octanol–water partition coefficient (Wildman–Crippen LogP) is 4.69. The summed E-state index contributed by atoms with van der Waals surface area (Å²) in [5.41, 5.74) is 7.18. The first-order chi connectivity index (χ1) is 15.0. The van der Waals surface area contributed by atoms with Crippen molar-refractivity contribution in [2.75, 3.05) is 7.11 Å². The highest BCUT2D eigenvalue weighted by molar-refractivity contribution is 6.07. The minimum Gasteiger partial charge on any atom is -0.504 e. The second kappa shape index (κ2) is 8.67. The summed E-state index contributed by atoms with van der Waals surface area (Å²) in [6.45, 7) is 1.97. The molecule has 0 unspecified atom stereocenters. The van der Waals surface area contributed by atoms with E-state index in [1.807, 2.05) is 55.5 Å². The number of fused-ring (bicyclic) bond motifs is 1. The third-order valence-corrected chi connectivity index (χ3v) is 4.86. The maximum atomic E-state index is 13.0. The lowest BCUT2D eigenvalue weighted by atomic mass is 10.0. The van der Waals surface area contributed by atoms with Crippen molar-refractivity contribution in [1.29, 1.82) is 0 Å². The standard InChI is InChI=1S/C25H21N3O3/c1-16-8-10-21-19(12-16)20(14-22(27-21)18-6-4-3-5-7-18)25(30)28-26-15-17-9-11-23(29)24(13-17)31-2/h3-15,29H,1-2H3,(H,28,30)/b26-15+. The molecule has 0 fully saturated rings. The highest BCUT2D eigenvalue weighted by atomic mass is 16.5. The first-order valence-electron chi connectivity index (χ1n) is 9.72. The zero-order valence-corrected chi connectivity index (χ0v) is 17.2. The molecule has 0 saturated carbocycles. The zero-order valence-electron chi connectivity index (χ0n) is 17.2. The van der Waals surface area contributed by atoms with Gasteiger partial charge in [-0.1, -0.05) is 42.0 Å². The second-order valence-electron chi connectivity index (χ2n) is 7.07. The van der Waals surface area contributed by atoms with Gasteiger partial charge >= 0.3 is 0 Å². The summed E-state index contributed by atoms with van der Waals surface area (Å²) in [5.74, 6) is 0.0336. The molecular formula is C25H21N3O3. The number of hydrogen-bond donors (Lipinski definition) is 2. The third-order valence-electron chi connectivity index (χ3n) is 4.86. The summed E-state index contributed by atoms with van der Waals surface area (Å²) in [7, 11) is 1.47. The van der Waals surface area contributed by atoms with Gasteiger partial charge in [-0.25, -0.2) is 10.4 Å². The van der Waals surface area contributed by atoms with Crippen LogP contribution in [0.1, 0.15) is 21.5 Å². The zero-order chi connectivity index (χ0) is 21.8. The summed E-state index contributed by atoms with van der Waals surface area (Å²) in [6.07, 6.45) is 1.49. The van der Waals surface area contributed by atoms with E-state index in [1.165, 1.54) is 19.4 Å². The lowest BCUT2D eigenvalue weighted by molar-refractivity contribution is 0.0956. The average Bonchev–Trinajstić information content (AvgIpc) is 2.80. The van der Waals surface area contributed by atoms with Gasteiger partial charge in [-0.15, -0.1) is 0 Å². The molecule has 6 nitrogen and oxygen atoms in total. The van der Waals surface area contributed by atoms with Gasteiger partial charge in [0, 0.05) is 10.9 Å². The molecule has 0 radical (unpaired) electrons. The van der Waals surface area contributed by atoms with Crippen LogP contribution < -0.4 is 10.2 Å². The number of carbonyl (C=O) groups is 1. The topological polar surface area (TPSA) is 83.8 Å². The van der Waals surface area contributed by atoms with Gasteiger partial charge in [0.15, 0.2) is 11.5 Å². The number of aromatic nitrogens is 1. The van der Waals surface area contributed by atoms with Crippen molar-refractivity contribution in [2.24, 2.45) is 5.10 Å². The molecule has 154 valence electrons. The number of amides is 1. The van der Waals surface area contributed by atoms with Crippen molar-refractivity contribution in [1.82, 2.24) is 10.4 Å². The average molecular weight is 411 g/mol. The maximum Gasteiger partial charge on any atom is 0.272 e. The van der Waals surface area contributed by atoms with E-state index in [0.29, 0.717) is 22.6 Å². The van der Waals surface area contributed by atoms with Crippen LogP contribution in [-0.4, -0.2) is 29.3 Å². The van der Waals surface area contributed by atoms with Gasteiger partial charge in [0.1, 0.15) is 0 Å². The Kier molecular flexibility index (Phi) is 5.62. The quantitative estimate of drug-likeness (QED) is 0.369. The van der Waals surface area contributed by atoms with Crippen molar-refractivity contribution < 1.29 is 14.6 Å². The van der Waals surface area contributed by atoms with Crippen LogP contribution in [-0.2, 0) is 0 Å². The van der Waals surface area contributed by atoms with Gasteiger partial charge < -0.3 is 9.84 Å². The van der Waals surface area contributed by atoms with E-state index < -0.39 is 0 Å². The van der Waals surface area contributed by atoms with E-state index in [2.05, 4.69) is 10.5 Å². The molecule has 1 aromatic heterocycles. The number of ether oxygens (including phenoxy) is 1. The lowest BCUT2D eigenvalue weighted by Crippen LogP contribution is -2.18. The Morgan fingerprint density at radius 2 is 1.87 bits per heavy atom. The molecule has 4 rings (SSSR count). The SMILES string of the molecule is COc1cc(/C=N/NC(=O)c2cc(-c3ccccc3)nc3ccc(C)cc23)ccc1O. The van der Waals surface area contributed by atoms with Crippen LogP contribution >= 0.6 is 0 Å². The molecule has 0 aliphatic rings. The second-order valence-corrected chi connectivity index (χ2v) is 7.07. The number of carbonyl (C=O) groups excluding carboxylic acids is 1. The van der Waals surface area contributed by atoms with Crippen molar-refractivity contribution in [2.45, 2.75) is 6.92 Å². The fourth-order valence-electron chi connectivity index (χ4n) is 3.28. The highest BCUT2D eigenvalue weighted by Gasteiger charge is 2.14. The number of nitrogens with one attached hydrogen (secondary N) is 1. The third kappa shape index (κ3) is 4.38. The van der Waals surface area contributed by atoms with Crippen LogP contribution in [0.2, 0.25) is 0 Å². The Hall–Kier alpha value is -4.19. The molecule has 31 heavy (non-hydrogen) atoms. The van der Waals surface area contributed by atoms with Crippen molar-refractivity contribution in [3.05, 3.63) is 89.5 Å². The molecule has 0 atom stereocenters. The van der Waals surface area contributed by atoms with Gasteiger partial charge in [-0.2, -0.15) is 5.10 Å². The van der Waals surface area contributed by atoms with Gasteiger partial charge in [-0.05, 0) is 48.9 Å². The molecule has 2 N–H and O–H groups in total. The Balaban J connectivity index is 1.67. The molecular weight excluding hydrogens is 390 g/mol. The number of aryl methyl sites for hydroxylation is 1. The number of phenols is 1. The Morgan fingerprint density at radius 1 is 1.06 bits per heavy atom. The van der Waals surface area contributed by atoms with Gasteiger partial charge in [0.2, 0.25) is 0 Å². The number of rotatable bonds is 5. The molecule has 3 aromatic carbocycles. The van der Waals surface area contributed by atoms with E-state index >= 15 is 0 Å². The summed E-state index contributed by atoms with van der Waals surface area (Å²) in [5, 5.41) is 14.5. The van der Waals surface area contributed by atoms with Crippen molar-refractivity contribution >= 4 is 23.0 Å². The number of methoxy groups -OCH3 is 1. The van der Waals surface area contributed by atoms with Crippen molar-refractivity contribution in [3.8, 4) is 22.8 Å². The largest absolute Gasteiger partial charge is 0.504 e. The molecule has 1 amide bonds. The fourth-order valence-corrected chi connectivity index (χ4v) is 3.28. The van der Waals surface area contributed by atoms with E-state index in [0.717, 1.165) is 22.0 Å². The van der Waals surface area contributed by atoms with Crippen LogP contribution in [0.25, 0.3) is 22.2 Å². The number of nitrogens with zero attached hydrogens (tertiary/aromatic N) is 2. The lowest BCUT2D eigenvalue weighted by Gasteiger charge is -2.10. The Morgan fingerprint density at radius 3 is 2.65 bits per heavy atom. The van der Waals surface area contributed by atoms with E-state index in [-0.39, 0.29) is 11.7 Å². The van der Waals surface area contributed by atoms with Crippen LogP contribution in [0.3, 0.4) is 0 Å². The summed E-state index contributed by atoms with van der Waals surface area (Å²) >= 11 is 0. The van der Waals surface area contributed by atoms with Crippen LogP contribution in [0.15, 0.2) is 77.9 Å². The molecule has 4 aromatic rings. The fraction of sp³-hybridized carbons (Fsp3) is 0.0800.